The van der Waals surface area contributed by atoms with Crippen molar-refractivity contribution in [2.75, 3.05) is 11.4 Å². The van der Waals surface area contributed by atoms with Gasteiger partial charge in [0.15, 0.2) is 0 Å². The fourth-order valence-electron chi connectivity index (χ4n) is 5.69. The second-order valence-electron chi connectivity index (χ2n) is 11.6. The molecule has 46 heavy (non-hydrogen) atoms. The number of aromatic nitrogens is 2. The number of carbonyl (C=O) groups excluding carboxylic acids is 1. The quantitative estimate of drug-likeness (QED) is 0.159. The van der Waals surface area contributed by atoms with Crippen LogP contribution in [-0.2, 0) is 26.1 Å². The number of amides is 1. The molecule has 234 valence electrons. The van der Waals surface area contributed by atoms with Crippen LogP contribution in [-0.4, -0.2) is 27.3 Å². The number of nitrogens with zero attached hydrogens (tertiary/aromatic N) is 3. The highest BCUT2D eigenvalue weighted by Gasteiger charge is 2.19. The fourth-order valence-corrected chi connectivity index (χ4v) is 5.69. The Hall–Kier alpha value is -5.16. The topological polar surface area (TPSA) is 52.2 Å². The van der Waals surface area contributed by atoms with Crippen molar-refractivity contribution in [2.24, 2.45) is 0 Å². The van der Waals surface area contributed by atoms with Gasteiger partial charge in [-0.25, -0.2) is 4.98 Å². The molecule has 5 heteroatoms. The molecule has 5 aromatic carbocycles. The van der Waals surface area contributed by atoms with Gasteiger partial charge in [-0.1, -0.05) is 117 Å². The Morgan fingerprint density at radius 1 is 0.739 bits per heavy atom. The van der Waals surface area contributed by atoms with Gasteiger partial charge in [0.05, 0.1) is 6.33 Å². The van der Waals surface area contributed by atoms with Crippen LogP contribution in [0.15, 0.2) is 134 Å². The number of aromatic amines is 1. The number of fused-ring (bicyclic) bond motifs is 1. The minimum absolute atomic E-state index is 0.0897. The van der Waals surface area contributed by atoms with Crippen molar-refractivity contribution in [1.82, 2.24) is 14.9 Å². The summed E-state index contributed by atoms with van der Waals surface area (Å²) >= 11 is 0. The van der Waals surface area contributed by atoms with E-state index in [9.17, 15) is 4.79 Å². The molecule has 5 nitrogen and oxygen atoms in total. The SMILES string of the molecule is CCCN(Cc1ccc(N(Cc2ccccc2)Cc2ccccc2)cc1C)C(=O)c1cccc2ccccc12.CCc1cnc[nH]1. The molecule has 0 saturated heterocycles. The molecule has 0 unspecified atom stereocenters. The van der Waals surface area contributed by atoms with Crippen molar-refractivity contribution in [1.29, 1.82) is 0 Å². The summed E-state index contributed by atoms with van der Waals surface area (Å²) in [5.74, 6) is 0.0897. The van der Waals surface area contributed by atoms with Gasteiger partial charge >= 0.3 is 0 Å². The van der Waals surface area contributed by atoms with Gasteiger partial charge in [0.1, 0.15) is 0 Å². The molecule has 0 spiro atoms. The number of imidazole rings is 1. The third-order valence-corrected chi connectivity index (χ3v) is 8.22. The zero-order chi connectivity index (χ0) is 32.1. The Morgan fingerprint density at radius 2 is 1.39 bits per heavy atom. The third kappa shape index (κ3) is 8.51. The number of benzene rings is 5. The second-order valence-corrected chi connectivity index (χ2v) is 11.6. The Balaban J connectivity index is 0.000000527. The maximum atomic E-state index is 13.8. The summed E-state index contributed by atoms with van der Waals surface area (Å²) in [6.45, 7) is 9.36. The van der Waals surface area contributed by atoms with E-state index < -0.39 is 0 Å². The maximum Gasteiger partial charge on any atom is 0.254 e. The number of rotatable bonds is 11. The van der Waals surface area contributed by atoms with E-state index in [1.54, 1.807) is 6.33 Å². The average molecular weight is 609 g/mol. The first-order valence-corrected chi connectivity index (χ1v) is 16.2. The van der Waals surface area contributed by atoms with Crippen molar-refractivity contribution in [3.63, 3.8) is 0 Å². The summed E-state index contributed by atoms with van der Waals surface area (Å²) < 4.78 is 0. The van der Waals surface area contributed by atoms with Crippen LogP contribution < -0.4 is 4.90 Å². The van der Waals surface area contributed by atoms with Crippen LogP contribution in [0.1, 0.15) is 58.6 Å². The number of aryl methyl sites for hydroxylation is 2. The number of hydrogen-bond acceptors (Lipinski definition) is 3. The van der Waals surface area contributed by atoms with E-state index in [0.717, 1.165) is 48.8 Å². The van der Waals surface area contributed by atoms with Crippen LogP contribution >= 0.6 is 0 Å². The van der Waals surface area contributed by atoms with Crippen molar-refractivity contribution < 1.29 is 4.79 Å². The zero-order valence-corrected chi connectivity index (χ0v) is 27.2. The highest BCUT2D eigenvalue weighted by atomic mass is 16.2. The molecule has 0 aliphatic carbocycles. The lowest BCUT2D eigenvalue weighted by atomic mass is 10.0. The van der Waals surface area contributed by atoms with E-state index in [1.165, 1.54) is 33.6 Å². The molecule has 0 aliphatic rings. The van der Waals surface area contributed by atoms with E-state index in [1.807, 2.05) is 41.4 Å². The van der Waals surface area contributed by atoms with Crippen LogP contribution in [0.5, 0.6) is 0 Å². The average Bonchev–Trinajstić information content (AvgIpc) is 3.64. The Bertz CT molecular complexity index is 1750. The minimum atomic E-state index is 0.0897. The molecule has 6 aromatic rings. The van der Waals surface area contributed by atoms with E-state index in [0.29, 0.717) is 6.54 Å². The monoisotopic (exact) mass is 608 g/mol. The summed E-state index contributed by atoms with van der Waals surface area (Å²) in [5.41, 5.74) is 8.10. The molecule has 1 N–H and O–H groups in total. The van der Waals surface area contributed by atoms with Crippen LogP contribution in [0.2, 0.25) is 0 Å². The van der Waals surface area contributed by atoms with Crippen molar-refractivity contribution in [3.8, 4) is 0 Å². The van der Waals surface area contributed by atoms with Crippen molar-refractivity contribution in [2.45, 2.75) is 53.2 Å². The largest absolute Gasteiger partial charge is 0.363 e. The molecule has 1 aromatic heterocycles. The van der Waals surface area contributed by atoms with Gasteiger partial charge in [-0.2, -0.15) is 0 Å². The Labute approximate surface area is 273 Å². The first-order valence-electron chi connectivity index (χ1n) is 16.2. The van der Waals surface area contributed by atoms with E-state index in [2.05, 4.69) is 127 Å². The fraction of sp³-hybridized carbons (Fsp3) is 0.220. The number of anilines is 1. The molecular formula is C41H44N4O. The van der Waals surface area contributed by atoms with E-state index in [-0.39, 0.29) is 5.91 Å². The molecule has 0 aliphatic heterocycles. The normalized spacial score (nSPS) is 10.7. The van der Waals surface area contributed by atoms with Crippen LogP contribution in [0, 0.1) is 6.92 Å². The van der Waals surface area contributed by atoms with Gasteiger partial charge < -0.3 is 14.8 Å². The molecule has 0 atom stereocenters. The molecule has 6 rings (SSSR count). The lowest BCUT2D eigenvalue weighted by Crippen LogP contribution is -2.31. The lowest BCUT2D eigenvalue weighted by Gasteiger charge is -2.27. The Morgan fingerprint density at radius 3 is 1.98 bits per heavy atom. The van der Waals surface area contributed by atoms with Gasteiger partial charge in [-0.15, -0.1) is 0 Å². The predicted octanol–water partition coefficient (Wildman–Crippen LogP) is 9.38. The van der Waals surface area contributed by atoms with Gasteiger partial charge in [0, 0.05) is 49.3 Å². The molecule has 1 heterocycles. The molecule has 1 amide bonds. The van der Waals surface area contributed by atoms with E-state index >= 15 is 0 Å². The van der Waals surface area contributed by atoms with Gasteiger partial charge in [-0.3, -0.25) is 4.79 Å². The summed E-state index contributed by atoms with van der Waals surface area (Å²) in [7, 11) is 0. The number of carbonyl (C=O) groups is 1. The molecule has 0 fully saturated rings. The summed E-state index contributed by atoms with van der Waals surface area (Å²) in [4.78, 5) is 25.0. The summed E-state index contributed by atoms with van der Waals surface area (Å²) in [6.07, 6.45) is 5.48. The number of hydrogen-bond donors (Lipinski definition) is 1. The second kappa shape index (κ2) is 16.2. The predicted molar refractivity (Wildman–Crippen MR) is 191 cm³/mol. The van der Waals surface area contributed by atoms with Gasteiger partial charge in [0.25, 0.3) is 5.91 Å². The first kappa shape index (κ1) is 32.2. The molecule has 0 saturated carbocycles. The van der Waals surface area contributed by atoms with E-state index in [4.69, 9.17) is 0 Å². The minimum Gasteiger partial charge on any atom is -0.363 e. The van der Waals surface area contributed by atoms with Gasteiger partial charge in [0.2, 0.25) is 0 Å². The lowest BCUT2D eigenvalue weighted by molar-refractivity contribution is 0.0745. The Kier molecular flexibility index (Phi) is 11.4. The van der Waals surface area contributed by atoms with Crippen LogP contribution in [0.25, 0.3) is 10.8 Å². The number of nitrogens with one attached hydrogen (secondary N) is 1. The first-order chi connectivity index (χ1) is 22.6. The van der Waals surface area contributed by atoms with Crippen LogP contribution in [0.3, 0.4) is 0 Å². The summed E-state index contributed by atoms with van der Waals surface area (Å²) in [6, 6.07) is 42.0. The third-order valence-electron chi connectivity index (χ3n) is 8.22. The standard InChI is InChI=1S/C36H36N2O.C5H8N2/c1-3-23-37(36(39)35-20-12-18-31-17-10-11-19-34(31)35)27-32-21-22-33(24-28(32)2)38(25-29-13-6-4-7-14-29)26-30-15-8-5-9-16-30;1-2-5-3-6-4-7-5/h4-22,24H,3,23,25-27H2,1-2H3;3-4H,2H2,1H3,(H,6,7). The smallest absolute Gasteiger partial charge is 0.254 e. The molecule has 0 bridgehead atoms. The van der Waals surface area contributed by atoms with Crippen molar-refractivity contribution >= 4 is 22.4 Å². The van der Waals surface area contributed by atoms with Crippen LogP contribution in [0.4, 0.5) is 5.69 Å². The highest BCUT2D eigenvalue weighted by Crippen LogP contribution is 2.26. The zero-order valence-electron chi connectivity index (χ0n) is 27.2. The van der Waals surface area contributed by atoms with Crippen molar-refractivity contribution in [3.05, 3.63) is 167 Å². The summed E-state index contributed by atoms with van der Waals surface area (Å²) in [5, 5.41) is 2.10. The maximum absolute atomic E-state index is 13.8. The van der Waals surface area contributed by atoms with Gasteiger partial charge in [-0.05, 0) is 71.0 Å². The molecular weight excluding hydrogens is 564 g/mol. The highest BCUT2D eigenvalue weighted by molar-refractivity contribution is 6.07. The number of H-pyrrole nitrogens is 1. The molecule has 0 radical (unpaired) electrons.